The molecule has 1 aromatic rings. The molecule has 2 rings (SSSR count). The van der Waals surface area contributed by atoms with E-state index in [1.54, 1.807) is 11.1 Å². The minimum absolute atomic E-state index is 0.655. The monoisotopic (exact) mass is 186 g/mol. The van der Waals surface area contributed by atoms with Gasteiger partial charge in [0.15, 0.2) is 0 Å². The zero-order valence-corrected chi connectivity index (χ0v) is 9.09. The van der Waals surface area contributed by atoms with Gasteiger partial charge in [0.25, 0.3) is 0 Å². The Bertz CT molecular complexity index is 324. The van der Waals surface area contributed by atoms with Crippen LogP contribution in [-0.4, -0.2) is 0 Å². The molecule has 74 valence electrons. The Morgan fingerprint density at radius 1 is 1.29 bits per heavy atom. The summed E-state index contributed by atoms with van der Waals surface area (Å²) in [6.07, 6.45) is 2.48. The summed E-state index contributed by atoms with van der Waals surface area (Å²) in [5.41, 5.74) is 4.42. The summed E-state index contributed by atoms with van der Waals surface area (Å²) in [7, 11) is 0. The van der Waals surface area contributed by atoms with Gasteiger partial charge < -0.3 is 0 Å². The highest BCUT2D eigenvalue weighted by atomic mass is 14.3. The molecule has 0 saturated heterocycles. The van der Waals surface area contributed by atoms with Crippen LogP contribution >= 0.6 is 0 Å². The van der Waals surface area contributed by atoms with Crippen LogP contribution in [-0.2, 0) is 12.8 Å². The van der Waals surface area contributed by atoms with Gasteiger partial charge in [-0.2, -0.15) is 0 Å². The molecule has 0 aliphatic heterocycles. The number of benzene rings is 1. The van der Waals surface area contributed by atoms with Gasteiger partial charge in [0.1, 0.15) is 0 Å². The normalized spacial score (nSPS) is 17.9. The minimum atomic E-state index is 0.655. The van der Waals surface area contributed by atoms with E-state index >= 15 is 0 Å². The molecule has 0 saturated carbocycles. The molecule has 0 fully saturated rings. The second kappa shape index (κ2) is 3.61. The molecular formula is C14H18. The Kier molecular flexibility index (Phi) is 2.45. The van der Waals surface area contributed by atoms with E-state index in [2.05, 4.69) is 44.7 Å². The third-order valence-corrected chi connectivity index (χ3v) is 3.57. The van der Waals surface area contributed by atoms with Gasteiger partial charge >= 0.3 is 0 Å². The maximum absolute atomic E-state index is 4.06. The highest BCUT2D eigenvalue weighted by molar-refractivity contribution is 5.32. The lowest BCUT2D eigenvalue weighted by molar-refractivity contribution is 0.425. The summed E-state index contributed by atoms with van der Waals surface area (Å²) >= 11 is 0. The Morgan fingerprint density at radius 2 is 1.79 bits per heavy atom. The molecule has 0 amide bonds. The summed E-state index contributed by atoms with van der Waals surface area (Å²) in [5, 5.41) is 0. The number of hydrogen-bond donors (Lipinski definition) is 0. The van der Waals surface area contributed by atoms with Crippen LogP contribution in [0.5, 0.6) is 0 Å². The van der Waals surface area contributed by atoms with E-state index in [-0.39, 0.29) is 0 Å². The zero-order chi connectivity index (χ0) is 10.1. The van der Waals surface area contributed by atoms with Crippen LogP contribution in [0.15, 0.2) is 36.4 Å². The van der Waals surface area contributed by atoms with E-state index < -0.39 is 0 Å². The smallest absolute Gasteiger partial charge is 0.0202 e. The highest BCUT2D eigenvalue weighted by Crippen LogP contribution is 2.33. The molecule has 0 bridgehead atoms. The SMILES string of the molecule is C=C(C)C(C)C1Cc2ccccc2C1. The molecule has 0 heteroatoms. The summed E-state index contributed by atoms with van der Waals surface area (Å²) in [6, 6.07) is 8.82. The van der Waals surface area contributed by atoms with Crippen LogP contribution in [0.2, 0.25) is 0 Å². The summed E-state index contributed by atoms with van der Waals surface area (Å²) in [5.74, 6) is 1.44. The van der Waals surface area contributed by atoms with Crippen molar-refractivity contribution in [3.05, 3.63) is 47.5 Å². The first-order chi connectivity index (χ1) is 6.68. The maximum Gasteiger partial charge on any atom is -0.0202 e. The second-order valence-electron chi connectivity index (χ2n) is 4.57. The minimum Gasteiger partial charge on any atom is -0.0999 e. The Balaban J connectivity index is 2.15. The Morgan fingerprint density at radius 3 is 2.21 bits per heavy atom. The molecule has 0 radical (unpaired) electrons. The van der Waals surface area contributed by atoms with Crippen LogP contribution in [0.1, 0.15) is 25.0 Å². The summed E-state index contributed by atoms with van der Waals surface area (Å²) < 4.78 is 0. The van der Waals surface area contributed by atoms with Crippen LogP contribution in [0.4, 0.5) is 0 Å². The van der Waals surface area contributed by atoms with Gasteiger partial charge in [-0.1, -0.05) is 43.3 Å². The molecule has 0 N–H and O–H groups in total. The van der Waals surface area contributed by atoms with Gasteiger partial charge in [-0.15, -0.1) is 0 Å². The largest absolute Gasteiger partial charge is 0.0999 e. The molecule has 1 unspecified atom stereocenters. The Labute approximate surface area is 86.7 Å². The van der Waals surface area contributed by atoms with Gasteiger partial charge in [-0.25, -0.2) is 0 Å². The lowest BCUT2D eigenvalue weighted by Crippen LogP contribution is -2.12. The second-order valence-corrected chi connectivity index (χ2v) is 4.57. The molecule has 1 aliphatic carbocycles. The van der Waals surface area contributed by atoms with E-state index in [0.717, 1.165) is 5.92 Å². The van der Waals surface area contributed by atoms with Gasteiger partial charge in [-0.3, -0.25) is 0 Å². The van der Waals surface area contributed by atoms with Gasteiger partial charge in [0.2, 0.25) is 0 Å². The molecule has 0 nitrogen and oxygen atoms in total. The van der Waals surface area contributed by atoms with Crippen molar-refractivity contribution in [1.29, 1.82) is 0 Å². The molecule has 1 aromatic carbocycles. The standard InChI is InChI=1S/C14H18/c1-10(2)11(3)14-8-12-6-4-5-7-13(12)9-14/h4-7,11,14H,1,8-9H2,2-3H3. The predicted molar refractivity (Wildman–Crippen MR) is 61.3 cm³/mol. The van der Waals surface area contributed by atoms with Gasteiger partial charge in [-0.05, 0) is 42.7 Å². The first-order valence-corrected chi connectivity index (χ1v) is 5.40. The maximum atomic E-state index is 4.06. The first-order valence-electron chi connectivity index (χ1n) is 5.40. The van der Waals surface area contributed by atoms with Crippen molar-refractivity contribution in [3.63, 3.8) is 0 Å². The summed E-state index contributed by atoms with van der Waals surface area (Å²) in [4.78, 5) is 0. The van der Waals surface area contributed by atoms with Crippen LogP contribution < -0.4 is 0 Å². The van der Waals surface area contributed by atoms with Gasteiger partial charge in [0, 0.05) is 0 Å². The average molecular weight is 186 g/mol. The summed E-state index contributed by atoms with van der Waals surface area (Å²) in [6.45, 7) is 8.51. The Hall–Kier alpha value is -1.04. The molecule has 14 heavy (non-hydrogen) atoms. The highest BCUT2D eigenvalue weighted by Gasteiger charge is 2.25. The molecule has 0 spiro atoms. The van der Waals surface area contributed by atoms with Crippen LogP contribution in [0, 0.1) is 11.8 Å². The fourth-order valence-corrected chi connectivity index (χ4v) is 2.35. The molecule has 0 heterocycles. The predicted octanol–water partition coefficient (Wildman–Crippen LogP) is 3.61. The van der Waals surface area contributed by atoms with Crippen molar-refractivity contribution in [1.82, 2.24) is 0 Å². The van der Waals surface area contributed by atoms with Crippen molar-refractivity contribution in [2.75, 3.05) is 0 Å². The third-order valence-electron chi connectivity index (χ3n) is 3.57. The van der Waals surface area contributed by atoms with E-state index in [0.29, 0.717) is 5.92 Å². The molecule has 1 aliphatic rings. The van der Waals surface area contributed by atoms with Gasteiger partial charge in [0.05, 0.1) is 0 Å². The van der Waals surface area contributed by atoms with E-state index in [1.165, 1.54) is 18.4 Å². The van der Waals surface area contributed by atoms with Crippen molar-refractivity contribution in [2.45, 2.75) is 26.7 Å². The fraction of sp³-hybridized carbons (Fsp3) is 0.429. The fourth-order valence-electron chi connectivity index (χ4n) is 2.35. The zero-order valence-electron chi connectivity index (χ0n) is 9.09. The van der Waals surface area contributed by atoms with Crippen molar-refractivity contribution >= 4 is 0 Å². The number of allylic oxidation sites excluding steroid dienone is 1. The first kappa shape index (κ1) is 9.51. The quantitative estimate of drug-likeness (QED) is 0.619. The third kappa shape index (κ3) is 1.61. The lowest BCUT2D eigenvalue weighted by Gasteiger charge is -2.18. The molecule has 0 aromatic heterocycles. The average Bonchev–Trinajstić information content (AvgIpc) is 2.59. The van der Waals surface area contributed by atoms with Crippen molar-refractivity contribution in [2.24, 2.45) is 11.8 Å². The van der Waals surface area contributed by atoms with E-state index in [1.807, 2.05) is 0 Å². The van der Waals surface area contributed by atoms with Crippen LogP contribution in [0.3, 0.4) is 0 Å². The van der Waals surface area contributed by atoms with E-state index in [4.69, 9.17) is 0 Å². The number of rotatable bonds is 2. The van der Waals surface area contributed by atoms with Crippen molar-refractivity contribution in [3.8, 4) is 0 Å². The number of fused-ring (bicyclic) bond motifs is 1. The number of hydrogen-bond acceptors (Lipinski definition) is 0. The van der Waals surface area contributed by atoms with Crippen molar-refractivity contribution < 1.29 is 0 Å². The molecule has 1 atom stereocenters. The lowest BCUT2D eigenvalue weighted by atomic mass is 9.87. The van der Waals surface area contributed by atoms with Crippen LogP contribution in [0.25, 0.3) is 0 Å². The topological polar surface area (TPSA) is 0 Å². The molecular weight excluding hydrogens is 168 g/mol. The van der Waals surface area contributed by atoms with E-state index in [9.17, 15) is 0 Å².